The van der Waals surface area contributed by atoms with Crippen LogP contribution in [0.4, 0.5) is 0 Å². The standard InChI is InChI=1S/C21H20ClN3O4S/c1-13(19(27)23-11-14-7-3-5-9-16(14)22)30-21-24-17-10-6-4-8-15(17)20(28)25(21)12-18(26)29-2/h3-10,13H,11-12H2,1-2H3,(H,23,27). The SMILES string of the molecule is COC(=O)Cn1c(SC(C)C(=O)NCc2ccccc2Cl)nc2ccccc2c1=O. The maximum Gasteiger partial charge on any atom is 0.325 e. The van der Waals surface area contributed by atoms with Crippen molar-refractivity contribution in [3.05, 3.63) is 69.5 Å². The quantitative estimate of drug-likeness (QED) is 0.341. The van der Waals surface area contributed by atoms with E-state index in [-0.39, 0.29) is 29.7 Å². The van der Waals surface area contributed by atoms with Gasteiger partial charge >= 0.3 is 5.97 Å². The van der Waals surface area contributed by atoms with Crippen LogP contribution in [0.15, 0.2) is 58.5 Å². The number of halogens is 1. The summed E-state index contributed by atoms with van der Waals surface area (Å²) >= 11 is 7.22. The summed E-state index contributed by atoms with van der Waals surface area (Å²) in [5, 5.41) is 3.50. The molecule has 0 aliphatic heterocycles. The largest absolute Gasteiger partial charge is 0.468 e. The molecule has 1 amide bonds. The molecule has 0 aliphatic rings. The van der Waals surface area contributed by atoms with Gasteiger partial charge in [-0.3, -0.25) is 19.0 Å². The molecular formula is C21H20ClN3O4S. The summed E-state index contributed by atoms with van der Waals surface area (Å²) in [6.45, 7) is 1.70. The van der Waals surface area contributed by atoms with Crippen LogP contribution < -0.4 is 10.9 Å². The lowest BCUT2D eigenvalue weighted by Crippen LogP contribution is -2.32. The fourth-order valence-corrected chi connectivity index (χ4v) is 3.89. The average molecular weight is 446 g/mol. The number of carbonyl (C=O) groups is 2. The van der Waals surface area contributed by atoms with Crippen molar-refractivity contribution >= 4 is 46.1 Å². The first-order chi connectivity index (χ1) is 14.4. The lowest BCUT2D eigenvalue weighted by molar-refractivity contribution is -0.141. The molecule has 30 heavy (non-hydrogen) atoms. The summed E-state index contributed by atoms with van der Waals surface area (Å²) in [6, 6.07) is 14.1. The third-order valence-corrected chi connectivity index (χ3v) is 5.86. The number of ether oxygens (including phenoxy) is 1. The van der Waals surface area contributed by atoms with E-state index in [0.29, 0.717) is 15.9 Å². The zero-order chi connectivity index (χ0) is 21.7. The van der Waals surface area contributed by atoms with Gasteiger partial charge in [-0.2, -0.15) is 0 Å². The molecule has 0 aliphatic carbocycles. The first kappa shape index (κ1) is 21.9. The lowest BCUT2D eigenvalue weighted by atomic mass is 10.2. The normalized spacial score (nSPS) is 11.8. The van der Waals surface area contributed by atoms with E-state index in [2.05, 4.69) is 10.3 Å². The van der Waals surface area contributed by atoms with Crippen molar-refractivity contribution in [3.8, 4) is 0 Å². The van der Waals surface area contributed by atoms with E-state index < -0.39 is 11.2 Å². The Bertz CT molecular complexity index is 1150. The Balaban J connectivity index is 1.83. The molecule has 1 heterocycles. The first-order valence-electron chi connectivity index (χ1n) is 9.15. The van der Waals surface area contributed by atoms with Gasteiger partial charge < -0.3 is 10.1 Å². The number of benzene rings is 2. The van der Waals surface area contributed by atoms with Crippen molar-refractivity contribution in [2.24, 2.45) is 0 Å². The van der Waals surface area contributed by atoms with E-state index in [1.165, 1.54) is 11.7 Å². The molecule has 0 bridgehead atoms. The van der Waals surface area contributed by atoms with Crippen LogP contribution in [0, 0.1) is 0 Å². The van der Waals surface area contributed by atoms with Gasteiger partial charge in [0.2, 0.25) is 5.91 Å². The fraction of sp³-hybridized carbons (Fsp3) is 0.238. The van der Waals surface area contributed by atoms with Gasteiger partial charge in [-0.25, -0.2) is 4.98 Å². The van der Waals surface area contributed by atoms with Crippen molar-refractivity contribution in [2.45, 2.75) is 30.4 Å². The van der Waals surface area contributed by atoms with Gasteiger partial charge in [-0.1, -0.05) is 53.7 Å². The number of methoxy groups -OCH3 is 1. The van der Waals surface area contributed by atoms with Crippen molar-refractivity contribution in [1.82, 2.24) is 14.9 Å². The lowest BCUT2D eigenvalue weighted by Gasteiger charge is -2.16. The molecule has 0 fully saturated rings. The molecule has 7 nitrogen and oxygen atoms in total. The maximum absolute atomic E-state index is 12.9. The Morgan fingerprint density at radius 3 is 2.63 bits per heavy atom. The molecule has 1 N–H and O–H groups in total. The number of nitrogens with one attached hydrogen (secondary N) is 1. The van der Waals surface area contributed by atoms with Gasteiger partial charge in [-0.05, 0) is 30.7 Å². The van der Waals surface area contributed by atoms with Crippen molar-refractivity contribution < 1.29 is 14.3 Å². The van der Waals surface area contributed by atoms with Gasteiger partial charge in [-0.15, -0.1) is 0 Å². The molecule has 9 heteroatoms. The topological polar surface area (TPSA) is 90.3 Å². The van der Waals surface area contributed by atoms with Crippen LogP contribution in [0.1, 0.15) is 12.5 Å². The zero-order valence-electron chi connectivity index (χ0n) is 16.4. The van der Waals surface area contributed by atoms with Crippen LogP contribution in [0.3, 0.4) is 0 Å². The summed E-state index contributed by atoms with van der Waals surface area (Å²) in [4.78, 5) is 41.8. The highest BCUT2D eigenvalue weighted by molar-refractivity contribution is 8.00. The highest BCUT2D eigenvalue weighted by Crippen LogP contribution is 2.23. The highest BCUT2D eigenvalue weighted by atomic mass is 35.5. The number of para-hydroxylation sites is 1. The summed E-state index contributed by atoms with van der Waals surface area (Å²) in [5.41, 5.74) is 0.933. The minimum atomic E-state index is -0.577. The smallest absolute Gasteiger partial charge is 0.325 e. The molecule has 3 rings (SSSR count). The number of hydrogen-bond donors (Lipinski definition) is 1. The number of carbonyl (C=O) groups excluding carboxylic acids is 2. The summed E-state index contributed by atoms with van der Waals surface area (Å²) in [6.07, 6.45) is 0. The Morgan fingerprint density at radius 1 is 1.20 bits per heavy atom. The molecule has 156 valence electrons. The van der Waals surface area contributed by atoms with Gasteiger partial charge in [0, 0.05) is 11.6 Å². The second kappa shape index (κ2) is 9.77. The number of nitrogens with zero attached hydrogens (tertiary/aromatic N) is 2. The first-order valence-corrected chi connectivity index (χ1v) is 10.4. The Hall–Kier alpha value is -2.84. The number of hydrogen-bond acceptors (Lipinski definition) is 6. The van der Waals surface area contributed by atoms with E-state index in [1.807, 2.05) is 18.2 Å². The predicted octanol–water partition coefficient (Wildman–Crippen LogP) is 3.02. The van der Waals surface area contributed by atoms with Crippen molar-refractivity contribution in [2.75, 3.05) is 7.11 Å². The number of fused-ring (bicyclic) bond motifs is 1. The Kier molecular flexibility index (Phi) is 7.12. The second-order valence-electron chi connectivity index (χ2n) is 6.45. The molecule has 3 aromatic rings. The highest BCUT2D eigenvalue weighted by Gasteiger charge is 2.21. The Labute approximate surface area is 182 Å². The molecule has 1 atom stereocenters. The van der Waals surface area contributed by atoms with Crippen molar-refractivity contribution in [3.63, 3.8) is 0 Å². The van der Waals surface area contributed by atoms with Gasteiger partial charge in [0.15, 0.2) is 5.16 Å². The number of aromatic nitrogens is 2. The van der Waals surface area contributed by atoms with E-state index >= 15 is 0 Å². The van der Waals surface area contributed by atoms with Crippen LogP contribution in [0.25, 0.3) is 10.9 Å². The summed E-state index contributed by atoms with van der Waals surface area (Å²) in [5.74, 6) is -0.821. The number of rotatable bonds is 7. The molecule has 0 saturated heterocycles. The molecule has 0 spiro atoms. The monoisotopic (exact) mass is 445 g/mol. The van der Waals surface area contributed by atoms with Crippen molar-refractivity contribution in [1.29, 1.82) is 0 Å². The maximum atomic E-state index is 12.9. The average Bonchev–Trinajstić information content (AvgIpc) is 2.75. The van der Waals surface area contributed by atoms with E-state index in [9.17, 15) is 14.4 Å². The van der Waals surface area contributed by atoms with Crippen LogP contribution >= 0.6 is 23.4 Å². The third-order valence-electron chi connectivity index (χ3n) is 4.40. The van der Waals surface area contributed by atoms with Gasteiger partial charge in [0.25, 0.3) is 5.56 Å². The Morgan fingerprint density at radius 2 is 1.90 bits per heavy atom. The van der Waals surface area contributed by atoms with Gasteiger partial charge in [0.1, 0.15) is 6.54 Å². The number of esters is 1. The summed E-state index contributed by atoms with van der Waals surface area (Å²) < 4.78 is 5.93. The minimum absolute atomic E-state index is 0.244. The second-order valence-corrected chi connectivity index (χ2v) is 8.16. The van der Waals surface area contributed by atoms with Crippen LogP contribution in [0.5, 0.6) is 0 Å². The summed E-state index contributed by atoms with van der Waals surface area (Å²) in [7, 11) is 1.25. The number of amides is 1. The predicted molar refractivity (Wildman–Crippen MR) is 117 cm³/mol. The van der Waals surface area contributed by atoms with Gasteiger partial charge in [0.05, 0.1) is 23.3 Å². The van der Waals surface area contributed by atoms with Crippen LogP contribution in [-0.2, 0) is 27.4 Å². The zero-order valence-corrected chi connectivity index (χ0v) is 18.0. The van der Waals surface area contributed by atoms with E-state index in [1.54, 1.807) is 37.3 Å². The van der Waals surface area contributed by atoms with E-state index in [0.717, 1.165) is 17.3 Å². The molecule has 1 aromatic heterocycles. The molecule has 0 radical (unpaired) electrons. The van der Waals surface area contributed by atoms with E-state index in [4.69, 9.17) is 16.3 Å². The third kappa shape index (κ3) is 5.01. The molecule has 0 saturated carbocycles. The van der Waals surface area contributed by atoms with Crippen LogP contribution in [-0.4, -0.2) is 33.8 Å². The molecule has 2 aromatic carbocycles. The molecule has 1 unspecified atom stereocenters. The fourth-order valence-electron chi connectivity index (χ4n) is 2.75. The minimum Gasteiger partial charge on any atom is -0.468 e. The molecular weight excluding hydrogens is 426 g/mol. The van der Waals surface area contributed by atoms with Crippen LogP contribution in [0.2, 0.25) is 5.02 Å². The number of thioether (sulfide) groups is 1.